The number of hydrogen-bond acceptors (Lipinski definition) is 6. The minimum atomic E-state index is -0.0499. The molecule has 0 aliphatic carbocycles. The van der Waals surface area contributed by atoms with E-state index in [9.17, 15) is 4.79 Å². The van der Waals surface area contributed by atoms with Gasteiger partial charge in [0.2, 0.25) is 0 Å². The van der Waals surface area contributed by atoms with Crippen molar-refractivity contribution < 1.29 is 13.9 Å². The van der Waals surface area contributed by atoms with Crippen molar-refractivity contribution in [2.75, 3.05) is 20.2 Å². The number of benzene rings is 1. The first kappa shape index (κ1) is 18.2. The molecule has 28 heavy (non-hydrogen) atoms. The van der Waals surface area contributed by atoms with Crippen LogP contribution in [0.3, 0.4) is 0 Å². The van der Waals surface area contributed by atoms with Crippen LogP contribution in [-0.2, 0) is 6.42 Å². The number of carbonyl (C=O) groups is 1. The van der Waals surface area contributed by atoms with Gasteiger partial charge in [0.1, 0.15) is 17.8 Å². The fourth-order valence-corrected chi connectivity index (χ4v) is 3.59. The maximum absolute atomic E-state index is 12.7. The average molecular weight is 378 g/mol. The second-order valence-electron chi connectivity index (χ2n) is 6.87. The Hall–Kier alpha value is -3.22. The lowest BCUT2D eigenvalue weighted by Crippen LogP contribution is -2.39. The summed E-state index contributed by atoms with van der Waals surface area (Å²) in [5.41, 5.74) is 1.56. The Balaban J connectivity index is 1.45. The minimum Gasteiger partial charge on any atom is -0.496 e. The molecule has 1 saturated heterocycles. The molecule has 7 heteroatoms. The third-order valence-corrected chi connectivity index (χ3v) is 4.99. The summed E-state index contributed by atoms with van der Waals surface area (Å²) in [4.78, 5) is 26.9. The quantitative estimate of drug-likeness (QED) is 0.679. The number of aromatic nitrogens is 3. The second-order valence-corrected chi connectivity index (χ2v) is 6.87. The van der Waals surface area contributed by atoms with Gasteiger partial charge in [0, 0.05) is 37.5 Å². The van der Waals surface area contributed by atoms with Gasteiger partial charge in [-0.3, -0.25) is 4.79 Å². The van der Waals surface area contributed by atoms with E-state index in [1.807, 2.05) is 29.2 Å². The molecule has 0 spiro atoms. The van der Waals surface area contributed by atoms with Crippen molar-refractivity contribution in [3.8, 4) is 5.75 Å². The molecule has 0 saturated carbocycles. The second kappa shape index (κ2) is 8.21. The highest BCUT2D eigenvalue weighted by atomic mass is 16.5. The van der Waals surface area contributed by atoms with Crippen molar-refractivity contribution in [1.82, 2.24) is 19.9 Å². The number of nitrogens with zero attached hydrogens (tertiary/aromatic N) is 4. The SMILES string of the molecule is COc1ccccc1Cc1cnc([C@@H]2CCCN(C(=O)c3cncnc3)C2)o1. The topological polar surface area (TPSA) is 81.4 Å². The molecule has 1 aromatic carbocycles. The van der Waals surface area contributed by atoms with Crippen LogP contribution < -0.4 is 4.74 Å². The molecule has 4 rings (SSSR count). The highest BCUT2D eigenvalue weighted by Crippen LogP contribution is 2.29. The first-order valence-corrected chi connectivity index (χ1v) is 9.35. The summed E-state index contributed by atoms with van der Waals surface area (Å²) in [7, 11) is 1.66. The molecular weight excluding hydrogens is 356 g/mol. The van der Waals surface area contributed by atoms with Gasteiger partial charge < -0.3 is 14.1 Å². The third-order valence-electron chi connectivity index (χ3n) is 4.99. The summed E-state index contributed by atoms with van der Waals surface area (Å²) in [6, 6.07) is 7.88. The maximum atomic E-state index is 12.7. The molecule has 1 aliphatic rings. The number of para-hydroxylation sites is 1. The van der Waals surface area contributed by atoms with Crippen LogP contribution in [0.2, 0.25) is 0 Å². The normalized spacial score (nSPS) is 16.8. The van der Waals surface area contributed by atoms with Crippen molar-refractivity contribution in [3.05, 3.63) is 72.0 Å². The van der Waals surface area contributed by atoms with Crippen molar-refractivity contribution in [2.45, 2.75) is 25.2 Å². The summed E-state index contributed by atoms with van der Waals surface area (Å²) in [5, 5.41) is 0. The van der Waals surface area contributed by atoms with Crippen molar-refractivity contribution in [2.24, 2.45) is 0 Å². The van der Waals surface area contributed by atoms with E-state index in [2.05, 4.69) is 15.0 Å². The molecule has 1 atom stereocenters. The van der Waals surface area contributed by atoms with Gasteiger partial charge in [-0.05, 0) is 18.9 Å². The van der Waals surface area contributed by atoms with E-state index in [1.165, 1.54) is 6.33 Å². The molecule has 0 unspecified atom stereocenters. The summed E-state index contributed by atoms with van der Waals surface area (Å²) in [5.74, 6) is 2.35. The number of likely N-dealkylation sites (tertiary alicyclic amines) is 1. The van der Waals surface area contributed by atoms with E-state index >= 15 is 0 Å². The minimum absolute atomic E-state index is 0.0499. The van der Waals surface area contributed by atoms with Gasteiger partial charge in [-0.2, -0.15) is 0 Å². The van der Waals surface area contributed by atoms with Crippen LogP contribution in [0.15, 0.2) is 53.6 Å². The number of methoxy groups -OCH3 is 1. The van der Waals surface area contributed by atoms with Gasteiger partial charge >= 0.3 is 0 Å². The first-order valence-electron chi connectivity index (χ1n) is 9.35. The highest BCUT2D eigenvalue weighted by molar-refractivity contribution is 5.93. The van der Waals surface area contributed by atoms with Crippen LogP contribution >= 0.6 is 0 Å². The number of piperidine rings is 1. The van der Waals surface area contributed by atoms with Gasteiger partial charge in [-0.15, -0.1) is 0 Å². The summed E-state index contributed by atoms with van der Waals surface area (Å²) in [6.07, 6.45) is 8.77. The van der Waals surface area contributed by atoms with Gasteiger partial charge in [0.15, 0.2) is 5.89 Å². The maximum Gasteiger partial charge on any atom is 0.257 e. The van der Waals surface area contributed by atoms with E-state index in [-0.39, 0.29) is 11.8 Å². The third kappa shape index (κ3) is 3.88. The van der Waals surface area contributed by atoms with Crippen molar-refractivity contribution in [1.29, 1.82) is 0 Å². The molecule has 7 nitrogen and oxygen atoms in total. The van der Waals surface area contributed by atoms with Crippen LogP contribution in [-0.4, -0.2) is 46.0 Å². The molecule has 1 aliphatic heterocycles. The van der Waals surface area contributed by atoms with Crippen LogP contribution in [0.4, 0.5) is 0 Å². The smallest absolute Gasteiger partial charge is 0.257 e. The Labute approximate surface area is 163 Å². The lowest BCUT2D eigenvalue weighted by atomic mass is 9.97. The van der Waals surface area contributed by atoms with E-state index in [0.717, 1.165) is 36.5 Å². The highest BCUT2D eigenvalue weighted by Gasteiger charge is 2.28. The molecule has 0 bridgehead atoms. The van der Waals surface area contributed by atoms with E-state index in [1.54, 1.807) is 25.7 Å². The Morgan fingerprint density at radius 2 is 2.07 bits per heavy atom. The number of carbonyl (C=O) groups excluding carboxylic acids is 1. The number of amides is 1. The van der Waals surface area contributed by atoms with Crippen LogP contribution in [0.5, 0.6) is 5.75 Å². The van der Waals surface area contributed by atoms with E-state index in [4.69, 9.17) is 9.15 Å². The van der Waals surface area contributed by atoms with Gasteiger partial charge in [-0.1, -0.05) is 18.2 Å². The van der Waals surface area contributed by atoms with Crippen LogP contribution in [0, 0.1) is 0 Å². The monoisotopic (exact) mass is 378 g/mol. The predicted octanol–water partition coefficient (Wildman–Crippen LogP) is 3.08. The number of rotatable bonds is 5. The lowest BCUT2D eigenvalue weighted by molar-refractivity contribution is 0.0697. The van der Waals surface area contributed by atoms with Crippen LogP contribution in [0.1, 0.15) is 46.3 Å². The number of hydrogen-bond donors (Lipinski definition) is 0. The average Bonchev–Trinajstić information content (AvgIpc) is 3.23. The fraction of sp³-hybridized carbons (Fsp3) is 0.333. The molecule has 1 amide bonds. The van der Waals surface area contributed by atoms with Crippen molar-refractivity contribution >= 4 is 5.91 Å². The standard InChI is InChI=1S/C21H22N4O3/c1-27-19-7-3-2-5-15(19)9-18-12-24-20(28-18)16-6-4-8-25(13-16)21(26)17-10-22-14-23-11-17/h2-3,5,7,10-12,14,16H,4,6,8-9,13H2,1H3/t16-/m1/s1. The molecule has 1 fully saturated rings. The lowest BCUT2D eigenvalue weighted by Gasteiger charge is -2.31. The summed E-state index contributed by atoms with van der Waals surface area (Å²) < 4.78 is 11.4. The molecule has 0 radical (unpaired) electrons. The van der Waals surface area contributed by atoms with Gasteiger partial charge in [0.05, 0.1) is 24.8 Å². The van der Waals surface area contributed by atoms with Gasteiger partial charge in [-0.25, -0.2) is 15.0 Å². The van der Waals surface area contributed by atoms with Crippen LogP contribution in [0.25, 0.3) is 0 Å². The molecule has 0 N–H and O–H groups in total. The predicted molar refractivity (Wildman–Crippen MR) is 102 cm³/mol. The Morgan fingerprint density at radius 1 is 1.25 bits per heavy atom. The van der Waals surface area contributed by atoms with Crippen molar-refractivity contribution in [3.63, 3.8) is 0 Å². The summed E-state index contributed by atoms with van der Waals surface area (Å²) >= 11 is 0. The first-order chi connectivity index (χ1) is 13.7. The van der Waals surface area contributed by atoms with Gasteiger partial charge in [0.25, 0.3) is 5.91 Å². The zero-order chi connectivity index (χ0) is 19.3. The molecule has 3 heterocycles. The number of ether oxygens (including phenoxy) is 1. The fourth-order valence-electron chi connectivity index (χ4n) is 3.59. The molecule has 2 aromatic heterocycles. The number of oxazole rings is 1. The Bertz CT molecular complexity index is 942. The zero-order valence-corrected chi connectivity index (χ0v) is 15.7. The van der Waals surface area contributed by atoms with E-state index in [0.29, 0.717) is 24.4 Å². The molecule has 3 aromatic rings. The molecular formula is C21H22N4O3. The Morgan fingerprint density at radius 3 is 2.89 bits per heavy atom. The Kier molecular flexibility index (Phi) is 5.32. The van der Waals surface area contributed by atoms with E-state index < -0.39 is 0 Å². The zero-order valence-electron chi connectivity index (χ0n) is 15.7. The summed E-state index contributed by atoms with van der Waals surface area (Å²) in [6.45, 7) is 1.31. The largest absolute Gasteiger partial charge is 0.496 e. The molecule has 144 valence electrons.